The second-order valence-electron chi connectivity index (χ2n) is 21.2. The number of likely N-dealkylation sites (N-methyl/N-ethyl adjacent to an activating group) is 1. The van der Waals surface area contributed by atoms with Gasteiger partial charge in [-0.3, -0.25) is 14.2 Å². The number of nitrogens with zero attached hydrogens (tertiary/aromatic N) is 1. The molecule has 10 heteroatoms. The summed E-state index contributed by atoms with van der Waals surface area (Å²) in [7, 11) is 1.16. The van der Waals surface area contributed by atoms with E-state index in [0.29, 0.717) is 17.4 Å². The summed E-state index contributed by atoms with van der Waals surface area (Å²) >= 11 is 0. The molecule has 0 aromatic carbocycles. The van der Waals surface area contributed by atoms with E-state index < -0.39 is 26.6 Å². The van der Waals surface area contributed by atoms with Crippen LogP contribution in [-0.4, -0.2) is 69.4 Å². The number of allylic oxidation sites excluding steroid dienone is 13. The predicted octanol–water partition coefficient (Wildman–Crippen LogP) is 17.6. The number of phosphoric ester groups is 1. The van der Waals surface area contributed by atoms with Crippen molar-refractivity contribution >= 4 is 19.7 Å². The Hall–Kier alpha value is -2.81. The van der Waals surface area contributed by atoms with E-state index in [9.17, 15) is 19.0 Å². The van der Waals surface area contributed by atoms with E-state index in [-0.39, 0.29) is 31.3 Å². The van der Waals surface area contributed by atoms with Crippen LogP contribution in [0.1, 0.15) is 252 Å². The van der Waals surface area contributed by atoms with Crippen LogP contribution in [0.4, 0.5) is 0 Å². The van der Waals surface area contributed by atoms with Crippen LogP contribution >= 0.6 is 7.82 Å². The lowest BCUT2D eigenvalue weighted by Gasteiger charge is -2.30. The first kappa shape index (κ1) is 70.2. The predicted molar refractivity (Wildman–Crippen MR) is 311 cm³/mol. The van der Waals surface area contributed by atoms with Gasteiger partial charge in [-0.2, -0.15) is 0 Å². The number of hydrogen-bond donors (Lipinski definition) is 1. The Morgan fingerprint density at radius 3 is 1.45 bits per heavy atom. The highest BCUT2D eigenvalue weighted by Gasteiger charge is 2.27. The molecule has 0 saturated carbocycles. The number of amides is 1. The standard InChI is InChI=1S/C63H113N2O7P/c1-7-10-13-16-19-22-25-27-28-29-30-31-32-33-34-35-36-38-41-44-47-50-53-56-63(67)72-61(54-51-48-45-42-39-24-21-18-15-12-9-3)60(59-71-73(68,69)70-58-57-65(4,5)6)64-62(66)55-52-49-46-43-40-37-26-23-20-17-14-11-8-2/h11,14,17,19-20,22-23,26-28,30-31,51,54,60-61H,7-10,12-13,15-16,18,21,24-25,29,32-50,52-53,55-59H2,1-6H3,(H-,64,66,68,69)/b14-11+,20-17+,22-19-,26-23-,28-27-,31-30-,54-51-. The number of carbonyl (C=O) groups is 2. The number of ether oxygens (including phenoxy) is 1. The summed E-state index contributed by atoms with van der Waals surface area (Å²) in [5.41, 5.74) is 0. The monoisotopic (exact) mass is 1040 g/mol. The van der Waals surface area contributed by atoms with Crippen LogP contribution in [0.3, 0.4) is 0 Å². The fraction of sp³-hybridized carbons (Fsp3) is 0.746. The zero-order valence-electron chi connectivity index (χ0n) is 48.1. The summed E-state index contributed by atoms with van der Waals surface area (Å²) in [6.45, 7) is 6.65. The first-order chi connectivity index (χ1) is 35.4. The molecule has 0 radical (unpaired) electrons. The third-order valence-electron chi connectivity index (χ3n) is 12.9. The Balaban J connectivity index is 5.19. The van der Waals surface area contributed by atoms with Crippen molar-refractivity contribution in [1.82, 2.24) is 5.32 Å². The van der Waals surface area contributed by atoms with E-state index >= 15 is 0 Å². The van der Waals surface area contributed by atoms with Crippen LogP contribution in [0.5, 0.6) is 0 Å². The molecule has 1 N–H and O–H groups in total. The lowest BCUT2D eigenvalue weighted by atomic mass is 10.0. The molecule has 0 aliphatic carbocycles. The molecule has 0 aliphatic rings. The quantitative estimate of drug-likeness (QED) is 0.0161. The van der Waals surface area contributed by atoms with E-state index in [4.69, 9.17) is 13.8 Å². The molecule has 0 rings (SSSR count). The van der Waals surface area contributed by atoms with Crippen LogP contribution in [-0.2, 0) is 27.9 Å². The summed E-state index contributed by atoms with van der Waals surface area (Å²) in [6.07, 6.45) is 68.4. The van der Waals surface area contributed by atoms with Gasteiger partial charge in [-0.25, -0.2) is 0 Å². The van der Waals surface area contributed by atoms with E-state index in [2.05, 4.69) is 92.9 Å². The fourth-order valence-electron chi connectivity index (χ4n) is 8.23. The Kier molecular flexibility index (Phi) is 50.6. The summed E-state index contributed by atoms with van der Waals surface area (Å²) < 4.78 is 30.2. The third-order valence-corrected chi connectivity index (χ3v) is 13.8. The van der Waals surface area contributed by atoms with Gasteiger partial charge in [0.15, 0.2) is 0 Å². The second-order valence-corrected chi connectivity index (χ2v) is 22.6. The van der Waals surface area contributed by atoms with E-state index in [1.165, 1.54) is 109 Å². The largest absolute Gasteiger partial charge is 0.756 e. The highest BCUT2D eigenvalue weighted by molar-refractivity contribution is 7.45. The third kappa shape index (κ3) is 53.8. The number of esters is 1. The number of nitrogens with one attached hydrogen (secondary N) is 1. The van der Waals surface area contributed by atoms with Gasteiger partial charge >= 0.3 is 5.97 Å². The van der Waals surface area contributed by atoms with Crippen LogP contribution in [0.2, 0.25) is 0 Å². The molecule has 3 unspecified atom stereocenters. The first-order valence-corrected chi connectivity index (χ1v) is 31.4. The molecule has 0 aliphatic heterocycles. The average molecular weight is 1040 g/mol. The molecule has 1 amide bonds. The van der Waals surface area contributed by atoms with Crippen molar-refractivity contribution in [1.29, 1.82) is 0 Å². The molecule has 0 bridgehead atoms. The minimum absolute atomic E-state index is 0.0306. The molecule has 0 aromatic rings. The molecule has 0 aromatic heterocycles. The van der Waals surface area contributed by atoms with Gasteiger partial charge < -0.3 is 28.5 Å². The Morgan fingerprint density at radius 2 is 0.932 bits per heavy atom. The number of quaternary nitrogens is 1. The van der Waals surface area contributed by atoms with E-state index in [1.54, 1.807) is 0 Å². The maximum absolute atomic E-state index is 13.5. The molecule has 0 saturated heterocycles. The summed E-state index contributed by atoms with van der Waals surface area (Å²) in [5, 5.41) is 3.00. The zero-order valence-corrected chi connectivity index (χ0v) is 49.0. The lowest BCUT2D eigenvalue weighted by Crippen LogP contribution is -2.47. The molecule has 73 heavy (non-hydrogen) atoms. The van der Waals surface area contributed by atoms with Gasteiger partial charge in [0.2, 0.25) is 5.91 Å². The average Bonchev–Trinajstić information content (AvgIpc) is 3.35. The van der Waals surface area contributed by atoms with Crippen LogP contribution in [0.15, 0.2) is 85.1 Å². The molecular formula is C63H113N2O7P. The number of phosphoric acid groups is 1. The normalized spacial score (nSPS) is 14.3. The van der Waals surface area contributed by atoms with E-state index in [0.717, 1.165) is 103 Å². The Labute approximate surface area is 450 Å². The van der Waals surface area contributed by atoms with E-state index in [1.807, 2.05) is 39.4 Å². The Morgan fingerprint density at radius 1 is 0.507 bits per heavy atom. The number of rotatable bonds is 53. The maximum atomic E-state index is 13.5. The molecule has 9 nitrogen and oxygen atoms in total. The van der Waals surface area contributed by atoms with Gasteiger partial charge in [0.05, 0.1) is 33.8 Å². The molecule has 0 spiro atoms. The summed E-state index contributed by atoms with van der Waals surface area (Å²) in [5.74, 6) is -0.573. The minimum Gasteiger partial charge on any atom is -0.756 e. The first-order valence-electron chi connectivity index (χ1n) is 29.9. The summed E-state index contributed by atoms with van der Waals surface area (Å²) in [4.78, 5) is 39.9. The molecule has 3 atom stereocenters. The van der Waals surface area contributed by atoms with Crippen LogP contribution in [0, 0.1) is 0 Å². The Bertz CT molecular complexity index is 1530. The van der Waals surface area contributed by atoms with Crippen molar-refractivity contribution in [2.75, 3.05) is 40.9 Å². The van der Waals surface area contributed by atoms with Gasteiger partial charge in [-0.15, -0.1) is 0 Å². The topological polar surface area (TPSA) is 114 Å². The van der Waals surface area contributed by atoms with Gasteiger partial charge in [0, 0.05) is 12.8 Å². The number of carbonyl (C=O) groups excluding carboxylic acids is 2. The number of unbranched alkanes of at least 4 members (excludes halogenated alkanes) is 27. The molecule has 422 valence electrons. The van der Waals surface area contributed by atoms with Gasteiger partial charge in [-0.05, 0) is 89.5 Å². The van der Waals surface area contributed by atoms with Crippen molar-refractivity contribution in [3.63, 3.8) is 0 Å². The van der Waals surface area contributed by atoms with Crippen molar-refractivity contribution < 1.29 is 37.3 Å². The van der Waals surface area contributed by atoms with Crippen LogP contribution < -0.4 is 10.2 Å². The highest BCUT2D eigenvalue weighted by Crippen LogP contribution is 2.38. The van der Waals surface area contributed by atoms with Crippen molar-refractivity contribution in [2.24, 2.45) is 0 Å². The van der Waals surface area contributed by atoms with Crippen molar-refractivity contribution in [2.45, 2.75) is 264 Å². The highest BCUT2D eigenvalue weighted by atomic mass is 31.2. The SMILES string of the molecule is CC/C=C/C=C/C=C\CCCCCCCC(=O)NC(COP(=O)([O-])OCC[N+](C)(C)C)C(/C=C\CCCCCCCCCCC)OC(=O)CCCCCCCCCCCC/C=C\C/C=C\C/C=C\CCCCC. The van der Waals surface area contributed by atoms with Gasteiger partial charge in [0.25, 0.3) is 7.82 Å². The molecular weight excluding hydrogens is 928 g/mol. The minimum atomic E-state index is -4.70. The lowest BCUT2D eigenvalue weighted by molar-refractivity contribution is -0.870. The zero-order chi connectivity index (χ0) is 53.6. The van der Waals surface area contributed by atoms with Gasteiger partial charge in [-0.1, -0.05) is 235 Å². The maximum Gasteiger partial charge on any atom is 0.306 e. The van der Waals surface area contributed by atoms with Crippen molar-refractivity contribution in [3.05, 3.63) is 85.1 Å². The number of hydrogen-bond acceptors (Lipinski definition) is 7. The molecule has 0 fully saturated rings. The summed E-state index contributed by atoms with van der Waals surface area (Å²) in [6, 6.07) is -0.903. The smallest absolute Gasteiger partial charge is 0.306 e. The molecule has 0 heterocycles. The van der Waals surface area contributed by atoms with Crippen LogP contribution in [0.25, 0.3) is 0 Å². The second kappa shape index (κ2) is 52.6. The van der Waals surface area contributed by atoms with Gasteiger partial charge in [0.1, 0.15) is 19.3 Å². The van der Waals surface area contributed by atoms with Crippen molar-refractivity contribution in [3.8, 4) is 0 Å². The fourth-order valence-corrected chi connectivity index (χ4v) is 8.96.